The van der Waals surface area contributed by atoms with Gasteiger partial charge in [-0.1, -0.05) is 24.3 Å². The van der Waals surface area contributed by atoms with Crippen molar-refractivity contribution < 1.29 is 17.9 Å². The van der Waals surface area contributed by atoms with Crippen LogP contribution in [0, 0.1) is 5.82 Å². The topological polar surface area (TPSA) is 9.23 Å². The monoisotopic (exact) mass is 300 g/mol. The van der Waals surface area contributed by atoms with Crippen LogP contribution in [-0.2, 0) is 6.42 Å². The first kappa shape index (κ1) is 14.7. The lowest BCUT2D eigenvalue weighted by atomic mass is 10.0. The van der Waals surface area contributed by atoms with Crippen molar-refractivity contribution in [2.24, 2.45) is 0 Å². The third-order valence-corrected chi connectivity index (χ3v) is 3.18. The second-order valence-corrected chi connectivity index (χ2v) is 4.78. The lowest BCUT2D eigenvalue weighted by molar-refractivity contribution is -0.0498. The van der Waals surface area contributed by atoms with Crippen LogP contribution in [0.2, 0.25) is 0 Å². The van der Waals surface area contributed by atoms with Gasteiger partial charge in [-0.05, 0) is 41.8 Å². The maximum atomic E-state index is 13.1. The third kappa shape index (κ3) is 4.17. The van der Waals surface area contributed by atoms with Crippen LogP contribution in [0.15, 0.2) is 48.5 Å². The van der Waals surface area contributed by atoms with Gasteiger partial charge in [0.05, 0.1) is 5.38 Å². The summed E-state index contributed by atoms with van der Waals surface area (Å²) in [7, 11) is 0. The molecule has 0 spiro atoms. The molecule has 0 bridgehead atoms. The fourth-order valence-electron chi connectivity index (χ4n) is 1.85. The lowest BCUT2D eigenvalue weighted by Crippen LogP contribution is -2.02. The molecule has 0 aromatic heterocycles. The standard InChI is InChI=1S/C15H12ClF3O/c16-14(9-10-2-1-3-12(17)8-10)11-4-6-13(7-5-11)20-15(18)19/h1-8,14-15H,9H2. The van der Waals surface area contributed by atoms with Crippen molar-refractivity contribution in [3.05, 3.63) is 65.5 Å². The summed E-state index contributed by atoms with van der Waals surface area (Å²) < 4.78 is 41.4. The molecule has 0 amide bonds. The number of benzene rings is 2. The van der Waals surface area contributed by atoms with Gasteiger partial charge < -0.3 is 4.74 Å². The molecule has 0 radical (unpaired) electrons. The molecule has 1 atom stereocenters. The maximum Gasteiger partial charge on any atom is 0.387 e. The third-order valence-electron chi connectivity index (χ3n) is 2.77. The number of halogens is 4. The Bertz CT molecular complexity index is 557. The quantitative estimate of drug-likeness (QED) is 0.710. The van der Waals surface area contributed by atoms with Gasteiger partial charge in [-0.25, -0.2) is 4.39 Å². The lowest BCUT2D eigenvalue weighted by Gasteiger charge is -2.11. The van der Waals surface area contributed by atoms with Gasteiger partial charge in [0.25, 0.3) is 0 Å². The summed E-state index contributed by atoms with van der Waals surface area (Å²) in [6.07, 6.45) is 0.453. The molecule has 0 N–H and O–H groups in total. The van der Waals surface area contributed by atoms with E-state index in [4.69, 9.17) is 11.6 Å². The highest BCUT2D eigenvalue weighted by molar-refractivity contribution is 6.20. The zero-order valence-electron chi connectivity index (χ0n) is 10.4. The normalized spacial score (nSPS) is 12.4. The minimum absolute atomic E-state index is 0.0818. The molecular formula is C15H12ClF3O. The van der Waals surface area contributed by atoms with E-state index < -0.39 is 6.61 Å². The fourth-order valence-corrected chi connectivity index (χ4v) is 2.17. The molecule has 1 unspecified atom stereocenters. The molecule has 5 heteroatoms. The van der Waals surface area contributed by atoms with Gasteiger partial charge >= 0.3 is 6.61 Å². The highest BCUT2D eigenvalue weighted by Crippen LogP contribution is 2.27. The Morgan fingerprint density at radius 2 is 1.75 bits per heavy atom. The molecule has 2 aromatic carbocycles. The van der Waals surface area contributed by atoms with Crippen LogP contribution in [0.5, 0.6) is 5.75 Å². The van der Waals surface area contributed by atoms with Gasteiger partial charge in [-0.2, -0.15) is 8.78 Å². The summed E-state index contributed by atoms with van der Waals surface area (Å²) in [6.45, 7) is -2.85. The second-order valence-electron chi connectivity index (χ2n) is 4.25. The first-order valence-electron chi connectivity index (χ1n) is 5.98. The van der Waals surface area contributed by atoms with Crippen LogP contribution in [0.25, 0.3) is 0 Å². The first-order valence-corrected chi connectivity index (χ1v) is 6.41. The Hall–Kier alpha value is -1.68. The van der Waals surface area contributed by atoms with Crippen LogP contribution in [0.4, 0.5) is 13.2 Å². The van der Waals surface area contributed by atoms with Crippen molar-refractivity contribution in [3.8, 4) is 5.75 Å². The van der Waals surface area contributed by atoms with Gasteiger partial charge in [0.1, 0.15) is 11.6 Å². The van der Waals surface area contributed by atoms with E-state index in [0.29, 0.717) is 6.42 Å². The zero-order valence-corrected chi connectivity index (χ0v) is 11.2. The average Bonchev–Trinajstić information content (AvgIpc) is 2.38. The Labute approximate surface area is 119 Å². The molecule has 0 fully saturated rings. The summed E-state index contributed by atoms with van der Waals surface area (Å²) in [5.41, 5.74) is 1.54. The highest BCUT2D eigenvalue weighted by atomic mass is 35.5. The predicted molar refractivity (Wildman–Crippen MR) is 71.8 cm³/mol. The molecule has 0 aliphatic carbocycles. The summed E-state index contributed by atoms with van der Waals surface area (Å²) in [5.74, 6) is -0.231. The van der Waals surface area contributed by atoms with Gasteiger partial charge in [-0.3, -0.25) is 0 Å². The predicted octanol–water partition coefficient (Wildman–Crippen LogP) is 4.95. The van der Waals surface area contributed by atoms with Crippen molar-refractivity contribution in [2.45, 2.75) is 18.4 Å². The molecule has 0 saturated carbocycles. The number of rotatable bonds is 5. The van der Waals surface area contributed by atoms with Crippen molar-refractivity contribution in [1.29, 1.82) is 0 Å². The van der Waals surface area contributed by atoms with Crippen molar-refractivity contribution in [3.63, 3.8) is 0 Å². The number of alkyl halides is 3. The van der Waals surface area contributed by atoms with Gasteiger partial charge in [0.2, 0.25) is 0 Å². The molecule has 0 aliphatic heterocycles. The zero-order chi connectivity index (χ0) is 14.5. The number of ether oxygens (including phenoxy) is 1. The van der Waals surface area contributed by atoms with E-state index in [1.165, 1.54) is 24.3 Å². The van der Waals surface area contributed by atoms with Crippen molar-refractivity contribution in [2.75, 3.05) is 0 Å². The molecule has 0 aliphatic rings. The molecule has 1 nitrogen and oxygen atoms in total. The van der Waals surface area contributed by atoms with E-state index in [9.17, 15) is 13.2 Å². The fraction of sp³-hybridized carbons (Fsp3) is 0.200. The van der Waals surface area contributed by atoms with Crippen LogP contribution < -0.4 is 4.74 Å². The Morgan fingerprint density at radius 3 is 2.35 bits per heavy atom. The van der Waals surface area contributed by atoms with E-state index >= 15 is 0 Å². The summed E-state index contributed by atoms with van der Waals surface area (Å²) >= 11 is 6.24. The van der Waals surface area contributed by atoms with E-state index in [0.717, 1.165) is 11.1 Å². The molecule has 0 heterocycles. The number of hydrogen-bond donors (Lipinski definition) is 0. The molecule has 2 rings (SSSR count). The SMILES string of the molecule is Fc1cccc(CC(Cl)c2ccc(OC(F)F)cc2)c1. The largest absolute Gasteiger partial charge is 0.435 e. The van der Waals surface area contributed by atoms with Crippen LogP contribution in [0.1, 0.15) is 16.5 Å². The summed E-state index contributed by atoms with van der Waals surface area (Å²) in [5, 5.41) is -0.364. The Kier molecular flexibility index (Phi) is 4.90. The van der Waals surface area contributed by atoms with E-state index in [2.05, 4.69) is 4.74 Å². The van der Waals surface area contributed by atoms with Gasteiger partial charge in [-0.15, -0.1) is 11.6 Å². The highest BCUT2D eigenvalue weighted by Gasteiger charge is 2.11. The number of hydrogen-bond acceptors (Lipinski definition) is 1. The smallest absolute Gasteiger partial charge is 0.387 e. The molecule has 0 saturated heterocycles. The summed E-state index contributed by atoms with van der Waals surface area (Å²) in [4.78, 5) is 0. The Balaban J connectivity index is 2.03. The maximum absolute atomic E-state index is 13.1. The van der Waals surface area contributed by atoms with Crippen molar-refractivity contribution in [1.82, 2.24) is 0 Å². The van der Waals surface area contributed by atoms with Gasteiger partial charge in [0.15, 0.2) is 0 Å². The van der Waals surface area contributed by atoms with Crippen LogP contribution in [0.3, 0.4) is 0 Å². The molecular weight excluding hydrogens is 289 g/mol. The minimum Gasteiger partial charge on any atom is -0.435 e. The second kappa shape index (κ2) is 6.66. The molecule has 20 heavy (non-hydrogen) atoms. The van der Waals surface area contributed by atoms with Crippen molar-refractivity contribution >= 4 is 11.6 Å². The Morgan fingerprint density at radius 1 is 1.05 bits per heavy atom. The van der Waals surface area contributed by atoms with Crippen LogP contribution in [-0.4, -0.2) is 6.61 Å². The van der Waals surface area contributed by atoms with Gasteiger partial charge in [0, 0.05) is 0 Å². The van der Waals surface area contributed by atoms with Crippen LogP contribution >= 0.6 is 11.6 Å². The average molecular weight is 301 g/mol. The van der Waals surface area contributed by atoms with E-state index in [1.807, 2.05) is 0 Å². The summed E-state index contributed by atoms with van der Waals surface area (Å²) in [6, 6.07) is 12.3. The van der Waals surface area contributed by atoms with E-state index in [1.54, 1.807) is 24.3 Å². The molecule has 106 valence electrons. The molecule has 2 aromatic rings. The van der Waals surface area contributed by atoms with E-state index in [-0.39, 0.29) is 16.9 Å². The minimum atomic E-state index is -2.85. The first-order chi connectivity index (χ1) is 9.54.